The van der Waals surface area contributed by atoms with Crippen molar-refractivity contribution in [2.45, 2.75) is 32.7 Å². The number of nitrogens with one attached hydrogen (secondary N) is 2. The number of hydrogen-bond donors (Lipinski definition) is 2. The minimum Gasteiger partial charge on any atom is -0.455 e. The highest BCUT2D eigenvalue weighted by Gasteiger charge is 2.43. The molecule has 0 aromatic heterocycles. The van der Waals surface area contributed by atoms with Crippen molar-refractivity contribution in [3.63, 3.8) is 0 Å². The quantitative estimate of drug-likeness (QED) is 0.750. The van der Waals surface area contributed by atoms with Crippen molar-refractivity contribution < 1.29 is 19.1 Å². The fraction of sp³-hybridized carbons (Fsp3) is 0.286. The molecule has 1 aliphatic rings. The number of imide groups is 1. The Morgan fingerprint density at radius 3 is 2.43 bits per heavy atom. The van der Waals surface area contributed by atoms with E-state index in [1.807, 2.05) is 37.3 Å². The average molecular weight is 381 g/mol. The Balaban J connectivity index is 1.62. The van der Waals surface area contributed by atoms with Crippen LogP contribution in [-0.2, 0) is 9.59 Å². The van der Waals surface area contributed by atoms with E-state index in [0.29, 0.717) is 17.2 Å². The summed E-state index contributed by atoms with van der Waals surface area (Å²) >= 11 is 0. The zero-order chi connectivity index (χ0) is 20.3. The summed E-state index contributed by atoms with van der Waals surface area (Å²) in [5.41, 5.74) is 0.699. The molecule has 2 N–H and O–H groups in total. The van der Waals surface area contributed by atoms with Gasteiger partial charge in [0.25, 0.3) is 5.91 Å². The van der Waals surface area contributed by atoms with E-state index in [9.17, 15) is 14.4 Å². The fourth-order valence-corrected chi connectivity index (χ4v) is 2.84. The van der Waals surface area contributed by atoms with E-state index in [1.165, 1.54) is 0 Å². The van der Waals surface area contributed by atoms with Crippen molar-refractivity contribution in [2.75, 3.05) is 11.9 Å². The molecule has 0 radical (unpaired) electrons. The standard InChI is InChI=1S/C21H23N3O4/c1-14-8-10-15(11-9-14)28-17-7-5-4-6-16(17)22-18(25)12-13-24-19(26)21(2,3)23-20(24)27/h4-11H,12-13H2,1-3H3,(H,22,25)(H,23,27). The Morgan fingerprint density at radius 2 is 1.79 bits per heavy atom. The molecular weight excluding hydrogens is 358 g/mol. The number of hydrogen-bond acceptors (Lipinski definition) is 4. The van der Waals surface area contributed by atoms with Crippen LogP contribution in [0.2, 0.25) is 0 Å². The van der Waals surface area contributed by atoms with E-state index in [2.05, 4.69) is 10.6 Å². The van der Waals surface area contributed by atoms with Crippen LogP contribution in [0.25, 0.3) is 0 Å². The minimum atomic E-state index is -0.942. The second kappa shape index (κ2) is 7.72. The number of para-hydroxylation sites is 2. The van der Waals surface area contributed by atoms with Crippen molar-refractivity contribution in [1.82, 2.24) is 10.2 Å². The lowest BCUT2D eigenvalue weighted by atomic mass is 10.1. The van der Waals surface area contributed by atoms with Crippen LogP contribution in [0, 0.1) is 6.92 Å². The monoisotopic (exact) mass is 381 g/mol. The number of benzene rings is 2. The highest BCUT2D eigenvalue weighted by atomic mass is 16.5. The molecule has 0 atom stereocenters. The molecule has 0 saturated carbocycles. The van der Waals surface area contributed by atoms with Gasteiger partial charge < -0.3 is 15.4 Å². The highest BCUT2D eigenvalue weighted by molar-refractivity contribution is 6.06. The van der Waals surface area contributed by atoms with E-state index in [-0.39, 0.29) is 24.8 Å². The molecule has 2 aromatic rings. The van der Waals surface area contributed by atoms with Crippen LogP contribution in [0.15, 0.2) is 48.5 Å². The third-order valence-electron chi connectivity index (χ3n) is 4.42. The maximum Gasteiger partial charge on any atom is 0.325 e. The zero-order valence-corrected chi connectivity index (χ0v) is 16.1. The molecule has 28 heavy (non-hydrogen) atoms. The number of ether oxygens (including phenoxy) is 1. The number of urea groups is 1. The minimum absolute atomic E-state index is 0.00585. The first-order chi connectivity index (χ1) is 13.3. The highest BCUT2D eigenvalue weighted by Crippen LogP contribution is 2.29. The number of carbonyl (C=O) groups is 3. The van der Waals surface area contributed by atoms with Gasteiger partial charge in [0.15, 0.2) is 5.75 Å². The number of aryl methyl sites for hydroxylation is 1. The van der Waals surface area contributed by atoms with E-state index >= 15 is 0 Å². The Hall–Kier alpha value is -3.35. The molecule has 1 aliphatic heterocycles. The van der Waals surface area contributed by atoms with Gasteiger partial charge in [0.2, 0.25) is 5.91 Å². The average Bonchev–Trinajstić information content (AvgIpc) is 2.84. The van der Waals surface area contributed by atoms with Crippen LogP contribution in [0.1, 0.15) is 25.8 Å². The molecule has 1 saturated heterocycles. The summed E-state index contributed by atoms with van der Waals surface area (Å²) < 4.78 is 5.86. The van der Waals surface area contributed by atoms with Crippen LogP contribution in [0.4, 0.5) is 10.5 Å². The number of anilines is 1. The van der Waals surface area contributed by atoms with Crippen molar-refractivity contribution in [3.05, 3.63) is 54.1 Å². The maximum absolute atomic E-state index is 12.4. The Morgan fingerprint density at radius 1 is 1.11 bits per heavy atom. The number of rotatable bonds is 6. The molecule has 1 fully saturated rings. The lowest BCUT2D eigenvalue weighted by Crippen LogP contribution is -2.40. The van der Waals surface area contributed by atoms with Gasteiger partial charge in [-0.15, -0.1) is 0 Å². The van der Waals surface area contributed by atoms with E-state index < -0.39 is 11.6 Å². The van der Waals surface area contributed by atoms with Gasteiger partial charge >= 0.3 is 6.03 Å². The SMILES string of the molecule is Cc1ccc(Oc2ccccc2NC(=O)CCN2C(=O)NC(C)(C)C2=O)cc1. The third kappa shape index (κ3) is 4.31. The molecule has 1 heterocycles. The molecule has 146 valence electrons. The molecule has 7 heteroatoms. The molecular formula is C21H23N3O4. The predicted molar refractivity (Wildman–Crippen MR) is 105 cm³/mol. The Bertz CT molecular complexity index is 906. The predicted octanol–water partition coefficient (Wildman–Crippen LogP) is 3.45. The van der Waals surface area contributed by atoms with Crippen molar-refractivity contribution in [3.8, 4) is 11.5 Å². The van der Waals surface area contributed by atoms with Crippen LogP contribution in [-0.4, -0.2) is 34.8 Å². The fourth-order valence-electron chi connectivity index (χ4n) is 2.84. The molecule has 0 spiro atoms. The second-order valence-corrected chi connectivity index (χ2v) is 7.22. The molecule has 3 rings (SSSR count). The number of carbonyl (C=O) groups excluding carboxylic acids is 3. The van der Waals surface area contributed by atoms with E-state index in [0.717, 1.165) is 10.5 Å². The van der Waals surface area contributed by atoms with Crippen molar-refractivity contribution in [1.29, 1.82) is 0 Å². The summed E-state index contributed by atoms with van der Waals surface area (Å²) in [6, 6.07) is 14.2. The molecule has 0 aliphatic carbocycles. The van der Waals surface area contributed by atoms with E-state index in [1.54, 1.807) is 32.0 Å². The topological polar surface area (TPSA) is 87.7 Å². The second-order valence-electron chi connectivity index (χ2n) is 7.22. The Labute approximate surface area is 163 Å². The first kappa shape index (κ1) is 19.4. The summed E-state index contributed by atoms with van der Waals surface area (Å²) in [6.45, 7) is 5.27. The van der Waals surface area contributed by atoms with Gasteiger partial charge in [-0.05, 0) is 45.0 Å². The molecule has 7 nitrogen and oxygen atoms in total. The summed E-state index contributed by atoms with van der Waals surface area (Å²) in [4.78, 5) is 37.5. The summed E-state index contributed by atoms with van der Waals surface area (Å²) in [5, 5.41) is 5.38. The third-order valence-corrected chi connectivity index (χ3v) is 4.42. The van der Waals surface area contributed by atoms with Gasteiger partial charge in [-0.2, -0.15) is 0 Å². The number of amides is 4. The lowest BCUT2D eigenvalue weighted by molar-refractivity contribution is -0.130. The van der Waals surface area contributed by atoms with Gasteiger partial charge in [0.1, 0.15) is 11.3 Å². The first-order valence-corrected chi connectivity index (χ1v) is 9.04. The summed E-state index contributed by atoms with van der Waals surface area (Å²) in [6.07, 6.45) is -0.00585. The molecule has 2 aromatic carbocycles. The molecule has 0 unspecified atom stereocenters. The van der Waals surface area contributed by atoms with Gasteiger partial charge in [-0.25, -0.2) is 4.79 Å². The summed E-state index contributed by atoms with van der Waals surface area (Å²) in [5.74, 6) is 0.517. The van der Waals surface area contributed by atoms with Crippen molar-refractivity contribution >= 4 is 23.5 Å². The van der Waals surface area contributed by atoms with E-state index in [4.69, 9.17) is 4.74 Å². The van der Waals surface area contributed by atoms with Gasteiger partial charge in [0.05, 0.1) is 5.69 Å². The van der Waals surface area contributed by atoms with Crippen LogP contribution < -0.4 is 15.4 Å². The smallest absolute Gasteiger partial charge is 0.325 e. The van der Waals surface area contributed by atoms with Crippen LogP contribution in [0.5, 0.6) is 11.5 Å². The Kier molecular flexibility index (Phi) is 5.35. The molecule has 4 amide bonds. The van der Waals surface area contributed by atoms with Gasteiger partial charge in [-0.3, -0.25) is 14.5 Å². The summed E-state index contributed by atoms with van der Waals surface area (Å²) in [7, 11) is 0. The zero-order valence-electron chi connectivity index (χ0n) is 16.1. The maximum atomic E-state index is 12.4. The van der Waals surface area contributed by atoms with Gasteiger partial charge in [0, 0.05) is 13.0 Å². The van der Waals surface area contributed by atoms with Gasteiger partial charge in [-0.1, -0.05) is 29.8 Å². The van der Waals surface area contributed by atoms with Crippen LogP contribution in [0.3, 0.4) is 0 Å². The van der Waals surface area contributed by atoms with Crippen molar-refractivity contribution in [2.24, 2.45) is 0 Å². The lowest BCUT2D eigenvalue weighted by Gasteiger charge is -2.16. The molecule has 0 bridgehead atoms. The largest absolute Gasteiger partial charge is 0.455 e. The normalized spacial score (nSPS) is 15.3. The first-order valence-electron chi connectivity index (χ1n) is 9.04. The van der Waals surface area contributed by atoms with Crippen LogP contribution >= 0.6 is 0 Å². The number of nitrogens with zero attached hydrogens (tertiary/aromatic N) is 1.